The van der Waals surface area contributed by atoms with Crippen molar-refractivity contribution in [3.8, 4) is 0 Å². The highest BCUT2D eigenvalue weighted by Gasteiger charge is 2.23. The van der Waals surface area contributed by atoms with E-state index in [2.05, 4.69) is 53.7 Å². The predicted octanol–water partition coefficient (Wildman–Crippen LogP) is 6.57. The smallest absolute Gasteiger partial charge is 0.164 e. The molecule has 0 saturated carbocycles. The number of hydrogen-bond donors (Lipinski definition) is 1. The largest absolute Gasteiger partial charge is 0.507 e. The summed E-state index contributed by atoms with van der Waals surface area (Å²) in [4.78, 5) is 12.4. The lowest BCUT2D eigenvalue weighted by molar-refractivity contribution is -0.118. The Bertz CT molecular complexity index is 602. The monoisotopic (exact) mass is 330 g/mol. The molecule has 1 aromatic carbocycles. The maximum absolute atomic E-state index is 12.4. The van der Waals surface area contributed by atoms with Crippen LogP contribution in [0.15, 0.2) is 17.7 Å². The van der Waals surface area contributed by atoms with Gasteiger partial charge < -0.3 is 5.11 Å². The molecule has 1 rings (SSSR count). The minimum absolute atomic E-state index is 0.00449. The zero-order chi connectivity index (χ0) is 18.8. The molecule has 2 nitrogen and oxygen atoms in total. The molecule has 134 valence electrons. The fraction of sp³-hybridized carbons (Fsp3) is 0.591. The number of Topliss-reactive ketones (excluding diaryl/α,β-unsaturated/α-hetero) is 1. The quantitative estimate of drug-likeness (QED) is 0.473. The second-order valence-corrected chi connectivity index (χ2v) is 8.03. The van der Waals surface area contributed by atoms with Gasteiger partial charge in [-0.25, -0.2) is 0 Å². The number of benzene rings is 1. The summed E-state index contributed by atoms with van der Waals surface area (Å²) in [5, 5.41) is 11.0. The summed E-state index contributed by atoms with van der Waals surface area (Å²) in [6.07, 6.45) is 0. The number of hydrogen-bond acceptors (Lipinski definition) is 2. The molecule has 0 aliphatic rings. The highest BCUT2D eigenvalue weighted by atomic mass is 16.3. The molecule has 1 N–H and O–H groups in total. The molecule has 0 saturated heterocycles. The number of ketones is 1. The van der Waals surface area contributed by atoms with Gasteiger partial charge in [-0.05, 0) is 41.4 Å². The minimum Gasteiger partial charge on any atom is -0.507 e. The molecular weight excluding hydrogens is 296 g/mol. The summed E-state index contributed by atoms with van der Waals surface area (Å²) >= 11 is 0. The van der Waals surface area contributed by atoms with E-state index in [4.69, 9.17) is 0 Å². The lowest BCUT2D eigenvalue weighted by Crippen LogP contribution is -2.13. The van der Waals surface area contributed by atoms with Crippen molar-refractivity contribution in [3.05, 3.63) is 40.0 Å². The lowest BCUT2D eigenvalue weighted by Gasteiger charge is -2.23. The van der Waals surface area contributed by atoms with E-state index in [9.17, 15) is 9.90 Å². The minimum atomic E-state index is -0.118. The highest BCUT2D eigenvalue weighted by molar-refractivity contribution is 6.02. The molecule has 0 fully saturated rings. The Morgan fingerprint density at radius 1 is 0.833 bits per heavy atom. The zero-order valence-electron chi connectivity index (χ0n) is 16.8. The van der Waals surface area contributed by atoms with Gasteiger partial charge in [0.2, 0.25) is 0 Å². The van der Waals surface area contributed by atoms with Crippen LogP contribution >= 0.6 is 0 Å². The third kappa shape index (κ3) is 4.28. The van der Waals surface area contributed by atoms with Crippen molar-refractivity contribution in [1.82, 2.24) is 0 Å². The third-order valence-electron chi connectivity index (χ3n) is 4.62. The molecule has 0 radical (unpaired) electrons. The predicted molar refractivity (Wildman–Crippen MR) is 104 cm³/mol. The molecule has 1 aromatic rings. The van der Waals surface area contributed by atoms with E-state index in [1.807, 2.05) is 13.8 Å². The average molecular weight is 331 g/mol. The van der Waals surface area contributed by atoms with E-state index < -0.39 is 0 Å². The van der Waals surface area contributed by atoms with E-state index in [-0.39, 0.29) is 29.3 Å². The normalized spacial score (nSPS) is 13.2. The first kappa shape index (κ1) is 20.5. The summed E-state index contributed by atoms with van der Waals surface area (Å²) < 4.78 is 0. The van der Waals surface area contributed by atoms with Crippen LogP contribution in [0.25, 0.3) is 5.76 Å². The van der Waals surface area contributed by atoms with Gasteiger partial charge in [0, 0.05) is 17.1 Å². The van der Waals surface area contributed by atoms with Crippen molar-refractivity contribution in [2.24, 2.45) is 5.92 Å². The Morgan fingerprint density at radius 2 is 1.25 bits per heavy atom. The second-order valence-electron chi connectivity index (χ2n) is 8.03. The first-order valence-corrected chi connectivity index (χ1v) is 9.11. The Labute approximate surface area is 148 Å². The van der Waals surface area contributed by atoms with Crippen molar-refractivity contribution >= 4 is 11.5 Å². The van der Waals surface area contributed by atoms with Crippen LogP contribution in [-0.4, -0.2) is 10.9 Å². The Morgan fingerprint density at radius 3 is 1.54 bits per heavy atom. The fourth-order valence-corrected chi connectivity index (χ4v) is 2.97. The van der Waals surface area contributed by atoms with Gasteiger partial charge in [-0.2, -0.15) is 0 Å². The first-order chi connectivity index (χ1) is 11.0. The van der Waals surface area contributed by atoms with E-state index >= 15 is 0 Å². The van der Waals surface area contributed by atoms with E-state index in [1.165, 1.54) is 5.56 Å². The van der Waals surface area contributed by atoms with Crippen molar-refractivity contribution in [1.29, 1.82) is 0 Å². The maximum Gasteiger partial charge on any atom is 0.164 e. The molecule has 0 heterocycles. The van der Waals surface area contributed by atoms with Gasteiger partial charge in [-0.15, -0.1) is 0 Å². The van der Waals surface area contributed by atoms with Crippen molar-refractivity contribution in [2.45, 2.75) is 80.1 Å². The van der Waals surface area contributed by atoms with E-state index in [0.717, 1.165) is 16.7 Å². The second kappa shape index (κ2) is 8.00. The van der Waals surface area contributed by atoms with E-state index in [1.54, 1.807) is 6.92 Å². The molecular formula is C22H34O2. The molecule has 0 spiro atoms. The summed E-state index contributed by atoms with van der Waals surface area (Å²) in [5.41, 5.74) is 4.85. The number of aliphatic hydroxyl groups excluding tert-OH is 1. The van der Waals surface area contributed by atoms with E-state index in [0.29, 0.717) is 11.5 Å². The maximum atomic E-state index is 12.4. The van der Waals surface area contributed by atoms with Crippen LogP contribution in [0.3, 0.4) is 0 Å². The van der Waals surface area contributed by atoms with Gasteiger partial charge in [-0.1, -0.05) is 67.5 Å². The van der Waals surface area contributed by atoms with Crippen molar-refractivity contribution < 1.29 is 9.90 Å². The molecule has 24 heavy (non-hydrogen) atoms. The first-order valence-electron chi connectivity index (χ1n) is 9.11. The SMILES string of the molecule is C/C(C(=O)C(C)C)=C(/O)c1c(C(C)C)cc(C(C)C)cc1C(C)C. The number of carbonyl (C=O) groups is 1. The molecule has 0 aliphatic heterocycles. The molecule has 0 atom stereocenters. The van der Waals surface area contributed by atoms with Gasteiger partial charge in [0.1, 0.15) is 5.76 Å². The number of allylic oxidation sites excluding steroid dienone is 1. The zero-order valence-corrected chi connectivity index (χ0v) is 16.8. The molecule has 0 unspecified atom stereocenters. The van der Waals surface area contributed by atoms with Crippen LogP contribution in [0.1, 0.15) is 102 Å². The van der Waals surface area contributed by atoms with Crippen molar-refractivity contribution in [3.63, 3.8) is 0 Å². The van der Waals surface area contributed by atoms with Gasteiger partial charge in [0.15, 0.2) is 5.78 Å². The van der Waals surface area contributed by atoms with Gasteiger partial charge in [-0.3, -0.25) is 4.79 Å². The Hall–Kier alpha value is -1.57. The lowest BCUT2D eigenvalue weighted by atomic mass is 9.82. The third-order valence-corrected chi connectivity index (χ3v) is 4.62. The number of carbonyl (C=O) groups excluding carboxylic acids is 1. The molecule has 0 bridgehead atoms. The van der Waals surface area contributed by atoms with Gasteiger partial charge in [0.25, 0.3) is 0 Å². The summed E-state index contributed by atoms with van der Waals surface area (Å²) in [6.45, 7) is 18.4. The topological polar surface area (TPSA) is 37.3 Å². The van der Waals surface area contributed by atoms with Crippen LogP contribution in [0.4, 0.5) is 0 Å². The Balaban J connectivity index is 3.78. The van der Waals surface area contributed by atoms with Crippen LogP contribution in [0.5, 0.6) is 0 Å². The van der Waals surface area contributed by atoms with Gasteiger partial charge >= 0.3 is 0 Å². The summed E-state index contributed by atoms with van der Waals surface area (Å²) in [7, 11) is 0. The summed E-state index contributed by atoms with van der Waals surface area (Å²) in [6, 6.07) is 4.39. The number of aliphatic hydroxyl groups is 1. The van der Waals surface area contributed by atoms with Crippen LogP contribution in [-0.2, 0) is 4.79 Å². The number of rotatable bonds is 6. The highest BCUT2D eigenvalue weighted by Crippen LogP contribution is 2.36. The molecule has 0 aromatic heterocycles. The molecule has 0 aliphatic carbocycles. The fourth-order valence-electron chi connectivity index (χ4n) is 2.97. The van der Waals surface area contributed by atoms with Crippen LogP contribution in [0, 0.1) is 5.92 Å². The van der Waals surface area contributed by atoms with Gasteiger partial charge in [0.05, 0.1) is 0 Å². The van der Waals surface area contributed by atoms with Crippen LogP contribution < -0.4 is 0 Å². The molecule has 0 amide bonds. The summed E-state index contributed by atoms with van der Waals surface area (Å²) in [5.74, 6) is 1.02. The Kier molecular flexibility index (Phi) is 6.83. The van der Waals surface area contributed by atoms with Crippen LogP contribution in [0.2, 0.25) is 0 Å². The standard InChI is InChI=1S/C22H34O2/c1-12(2)17-10-18(13(3)4)20(19(11-17)14(5)6)22(24)16(9)21(23)15(7)8/h10-15,24H,1-9H3/b22-16-. The molecule has 2 heteroatoms. The average Bonchev–Trinajstić information content (AvgIpc) is 2.50. The van der Waals surface area contributed by atoms with Crippen molar-refractivity contribution in [2.75, 3.05) is 0 Å².